The number of carbonyl (C=O) groups excluding carboxylic acids is 1. The molecule has 2 aromatic carbocycles. The van der Waals surface area contributed by atoms with E-state index in [0.717, 1.165) is 23.4 Å². The van der Waals surface area contributed by atoms with E-state index >= 15 is 0 Å². The Kier molecular flexibility index (Phi) is 6.24. The highest BCUT2D eigenvalue weighted by atomic mass is 35.5. The van der Waals surface area contributed by atoms with Gasteiger partial charge in [0.25, 0.3) is 5.91 Å². The van der Waals surface area contributed by atoms with Crippen LogP contribution in [0.15, 0.2) is 60.7 Å². The zero-order valence-corrected chi connectivity index (χ0v) is 16.8. The summed E-state index contributed by atoms with van der Waals surface area (Å²) in [5, 5.41) is 2.86. The first kappa shape index (κ1) is 21.9. The third kappa shape index (κ3) is 3.95. The first-order valence-corrected chi connectivity index (χ1v) is 9.36. The number of carbonyl (C=O) groups is 1. The molecule has 1 unspecified atom stereocenters. The van der Waals surface area contributed by atoms with E-state index in [1.165, 1.54) is 6.07 Å². The predicted molar refractivity (Wildman–Crippen MR) is 113 cm³/mol. The van der Waals surface area contributed by atoms with Crippen LogP contribution < -0.4 is 11.1 Å². The zero-order valence-electron chi connectivity index (χ0n) is 15.9. The SMILES string of the molecule is Cl.NCCC1CNC(=O)c2cc(-c3cccc(C(F)(F)F)c3)c(-c3ccccc3)n21. The number of halogens is 4. The van der Waals surface area contributed by atoms with Crippen molar-refractivity contribution in [3.05, 3.63) is 71.9 Å². The molecule has 1 aliphatic rings. The Hall–Kier alpha value is -2.77. The quantitative estimate of drug-likeness (QED) is 0.612. The van der Waals surface area contributed by atoms with E-state index in [9.17, 15) is 18.0 Å². The third-order valence-electron chi connectivity index (χ3n) is 5.18. The van der Waals surface area contributed by atoms with Crippen molar-refractivity contribution in [1.82, 2.24) is 9.88 Å². The molecular weight excluding hydrogens is 415 g/mol. The summed E-state index contributed by atoms with van der Waals surface area (Å²) in [6.07, 6.45) is -3.80. The van der Waals surface area contributed by atoms with Gasteiger partial charge in [-0.15, -0.1) is 12.4 Å². The third-order valence-corrected chi connectivity index (χ3v) is 5.18. The Balaban J connectivity index is 0.00000256. The van der Waals surface area contributed by atoms with Crippen LogP contribution in [-0.4, -0.2) is 23.6 Å². The lowest BCUT2D eigenvalue weighted by molar-refractivity contribution is -0.137. The fourth-order valence-electron chi connectivity index (χ4n) is 3.87. The molecule has 8 heteroatoms. The second-order valence-corrected chi connectivity index (χ2v) is 7.05. The zero-order chi connectivity index (χ0) is 20.6. The van der Waals surface area contributed by atoms with Crippen LogP contribution in [0.1, 0.15) is 28.5 Å². The number of rotatable bonds is 4. The number of nitrogens with two attached hydrogens (primary N) is 1. The van der Waals surface area contributed by atoms with Gasteiger partial charge in [0.15, 0.2) is 0 Å². The van der Waals surface area contributed by atoms with Gasteiger partial charge < -0.3 is 15.6 Å². The van der Waals surface area contributed by atoms with Crippen molar-refractivity contribution < 1.29 is 18.0 Å². The maximum atomic E-state index is 13.3. The fraction of sp³-hybridized carbons (Fsp3) is 0.227. The van der Waals surface area contributed by atoms with Crippen molar-refractivity contribution in [1.29, 1.82) is 0 Å². The molecule has 2 heterocycles. The summed E-state index contributed by atoms with van der Waals surface area (Å²) in [5.41, 5.74) is 8.06. The molecule has 0 fully saturated rings. The first-order chi connectivity index (χ1) is 13.9. The van der Waals surface area contributed by atoms with Gasteiger partial charge in [-0.2, -0.15) is 13.2 Å². The van der Waals surface area contributed by atoms with Crippen molar-refractivity contribution in [2.45, 2.75) is 18.6 Å². The van der Waals surface area contributed by atoms with Gasteiger partial charge in [-0.1, -0.05) is 42.5 Å². The average molecular weight is 436 g/mol. The van der Waals surface area contributed by atoms with E-state index < -0.39 is 11.7 Å². The lowest BCUT2D eigenvalue weighted by atomic mass is 9.99. The number of nitrogens with one attached hydrogen (secondary N) is 1. The minimum atomic E-state index is -4.44. The molecule has 0 saturated heterocycles. The molecule has 3 N–H and O–H groups in total. The van der Waals surface area contributed by atoms with E-state index in [0.29, 0.717) is 36.3 Å². The van der Waals surface area contributed by atoms with E-state index in [4.69, 9.17) is 5.73 Å². The molecule has 30 heavy (non-hydrogen) atoms. The minimum absolute atomic E-state index is 0. The summed E-state index contributed by atoms with van der Waals surface area (Å²) in [5.74, 6) is -0.242. The highest BCUT2D eigenvalue weighted by molar-refractivity contribution is 5.98. The number of hydrogen-bond acceptors (Lipinski definition) is 2. The van der Waals surface area contributed by atoms with Crippen molar-refractivity contribution >= 4 is 18.3 Å². The molecule has 1 aliphatic heterocycles. The van der Waals surface area contributed by atoms with Gasteiger partial charge in [-0.05, 0) is 42.3 Å². The van der Waals surface area contributed by atoms with Crippen LogP contribution >= 0.6 is 12.4 Å². The van der Waals surface area contributed by atoms with Gasteiger partial charge >= 0.3 is 6.18 Å². The Morgan fingerprint density at radius 3 is 2.40 bits per heavy atom. The van der Waals surface area contributed by atoms with Crippen molar-refractivity contribution in [3.8, 4) is 22.4 Å². The van der Waals surface area contributed by atoms with E-state index in [1.807, 2.05) is 34.9 Å². The summed E-state index contributed by atoms with van der Waals surface area (Å²) < 4.78 is 41.8. The van der Waals surface area contributed by atoms with Gasteiger partial charge in [0, 0.05) is 12.1 Å². The van der Waals surface area contributed by atoms with Gasteiger partial charge in [0.2, 0.25) is 0 Å². The number of benzene rings is 2. The number of nitrogens with zero attached hydrogens (tertiary/aromatic N) is 1. The molecule has 4 rings (SSSR count). The molecule has 0 aliphatic carbocycles. The molecule has 158 valence electrons. The average Bonchev–Trinajstić information content (AvgIpc) is 3.12. The van der Waals surface area contributed by atoms with Crippen LogP contribution in [0.5, 0.6) is 0 Å². The summed E-state index contributed by atoms with van der Waals surface area (Å²) in [4.78, 5) is 12.5. The molecule has 0 bridgehead atoms. The molecule has 1 amide bonds. The van der Waals surface area contributed by atoms with Crippen LogP contribution in [0.4, 0.5) is 13.2 Å². The molecular formula is C22H21ClF3N3O. The standard InChI is InChI=1S/C22H20F3N3O.ClH/c23-22(24,25)16-8-4-7-15(11-16)18-12-19-21(29)27-13-17(9-10-26)28(19)20(18)14-5-2-1-3-6-14;/h1-8,11-12,17H,9-10,13,26H2,(H,27,29);1H. The monoisotopic (exact) mass is 435 g/mol. The molecule has 0 saturated carbocycles. The van der Waals surface area contributed by atoms with E-state index in [1.54, 1.807) is 12.1 Å². The van der Waals surface area contributed by atoms with Crippen LogP contribution in [-0.2, 0) is 6.18 Å². The van der Waals surface area contributed by atoms with Crippen LogP contribution in [0.3, 0.4) is 0 Å². The lowest BCUT2D eigenvalue weighted by Crippen LogP contribution is -2.39. The number of amides is 1. The summed E-state index contributed by atoms with van der Waals surface area (Å²) in [7, 11) is 0. The Labute approximate surface area is 178 Å². The maximum Gasteiger partial charge on any atom is 0.416 e. The summed E-state index contributed by atoms with van der Waals surface area (Å²) in [6.45, 7) is 0.866. The second kappa shape index (κ2) is 8.53. The number of alkyl halides is 3. The van der Waals surface area contributed by atoms with Crippen molar-refractivity contribution in [2.24, 2.45) is 5.73 Å². The number of aromatic nitrogens is 1. The highest BCUT2D eigenvalue weighted by Gasteiger charge is 2.33. The minimum Gasteiger partial charge on any atom is -0.349 e. The van der Waals surface area contributed by atoms with Gasteiger partial charge in [-0.3, -0.25) is 4.79 Å². The lowest BCUT2D eigenvalue weighted by Gasteiger charge is -2.28. The first-order valence-electron chi connectivity index (χ1n) is 9.36. The Morgan fingerprint density at radius 2 is 1.73 bits per heavy atom. The van der Waals surface area contributed by atoms with Crippen molar-refractivity contribution in [2.75, 3.05) is 13.1 Å². The van der Waals surface area contributed by atoms with Gasteiger partial charge in [0.05, 0.1) is 17.3 Å². The predicted octanol–water partition coefficient (Wildman–Crippen LogP) is 4.90. The number of fused-ring (bicyclic) bond motifs is 1. The topological polar surface area (TPSA) is 60.0 Å². The van der Waals surface area contributed by atoms with Crippen LogP contribution in [0.25, 0.3) is 22.4 Å². The smallest absolute Gasteiger partial charge is 0.349 e. The van der Waals surface area contributed by atoms with Gasteiger partial charge in [0.1, 0.15) is 5.69 Å². The molecule has 1 atom stereocenters. The molecule has 0 spiro atoms. The normalized spacial score (nSPS) is 15.9. The summed E-state index contributed by atoms with van der Waals surface area (Å²) in [6, 6.07) is 16.2. The maximum absolute atomic E-state index is 13.3. The fourth-order valence-corrected chi connectivity index (χ4v) is 3.87. The van der Waals surface area contributed by atoms with Gasteiger partial charge in [-0.25, -0.2) is 0 Å². The molecule has 4 nitrogen and oxygen atoms in total. The van der Waals surface area contributed by atoms with E-state index in [2.05, 4.69) is 5.32 Å². The molecule has 3 aromatic rings. The Morgan fingerprint density at radius 1 is 1.03 bits per heavy atom. The van der Waals surface area contributed by atoms with E-state index in [-0.39, 0.29) is 24.4 Å². The van der Waals surface area contributed by atoms with Crippen LogP contribution in [0.2, 0.25) is 0 Å². The molecule has 0 radical (unpaired) electrons. The Bertz CT molecular complexity index is 1050. The summed E-state index contributed by atoms with van der Waals surface area (Å²) >= 11 is 0. The van der Waals surface area contributed by atoms with Crippen LogP contribution in [0, 0.1) is 0 Å². The van der Waals surface area contributed by atoms with Crippen molar-refractivity contribution in [3.63, 3.8) is 0 Å². The molecule has 1 aromatic heterocycles. The largest absolute Gasteiger partial charge is 0.416 e. The number of hydrogen-bond donors (Lipinski definition) is 2. The second-order valence-electron chi connectivity index (χ2n) is 7.05. The highest BCUT2D eigenvalue weighted by Crippen LogP contribution is 2.40.